The van der Waals surface area contributed by atoms with Crippen LogP contribution in [0.3, 0.4) is 0 Å². The van der Waals surface area contributed by atoms with Gasteiger partial charge in [-0.25, -0.2) is 4.79 Å². The molecule has 7 aliphatic rings. The number of hydrogen-bond donors (Lipinski definition) is 28. The Morgan fingerprint density at radius 2 is 0.906 bits per heavy atom. The molecule has 47 nitrogen and oxygen atoms in total. The van der Waals surface area contributed by atoms with Crippen LogP contribution < -0.4 is 21.3 Å². The number of rotatable bonds is 32. The highest BCUT2D eigenvalue weighted by Gasteiger charge is 2.60. The smallest absolute Gasteiger partial charge is 0.364 e. The Bertz CT molecular complexity index is 2800. The molecule has 40 atom stereocenters. The van der Waals surface area contributed by atoms with Crippen LogP contribution in [0.1, 0.15) is 41.0 Å². The Morgan fingerprint density at radius 3 is 1.40 bits per heavy atom. The summed E-state index contributed by atoms with van der Waals surface area (Å²) < 4.78 is 80.9. The summed E-state index contributed by atoms with van der Waals surface area (Å²) in [6, 6.07) is -7.14. The van der Waals surface area contributed by atoms with Crippen molar-refractivity contribution in [2.75, 3.05) is 52.9 Å². The summed E-state index contributed by atoms with van der Waals surface area (Å²) >= 11 is 0. The van der Waals surface area contributed by atoms with E-state index in [0.717, 1.165) is 27.7 Å². The Balaban J connectivity index is 1.07. The van der Waals surface area contributed by atoms with Crippen LogP contribution in [0.2, 0.25) is 0 Å². The number of aliphatic hydroxyl groups is 23. The van der Waals surface area contributed by atoms with Crippen molar-refractivity contribution >= 4 is 29.6 Å². The van der Waals surface area contributed by atoms with Crippen LogP contribution in [0.15, 0.2) is 0 Å². The fourth-order valence-corrected chi connectivity index (χ4v) is 13.0. The van der Waals surface area contributed by atoms with E-state index in [-0.39, 0.29) is 0 Å². The first-order valence-corrected chi connectivity index (χ1v) is 33.5. The molecule has 106 heavy (non-hydrogen) atoms. The standard InChI is InChI=1S/C59H100N4O43/c1-15-32(76)40(84)44(88)54(96-15)93-12-23(75)47(33(77)20(7-64)60-16(2)69)102-52-30(62-18(4)71)38(82)48(25(10-67)98-52)103-55-45(89)41(85)36(80)27(100-55)13-94-57-51(43(87)35(79)24(9-66)97-57)105-53-31(63-19(5)72)39(83)49(26(11-68)99-53)104-56-46(90)42(86)37(81)28(101-56)14-95-59(58(91)92)6-21(73)29(61-17(3)70)50(106-59)34(78)22(74)8-65/h15,20-57,64-68,73-90H,6-14H2,1-5H3,(H,60,69)(H,61,70)(H,62,71)(H,63,72)(H,91,92)/t15-,20-,21-,22+,23+,24+,25+,26+,27+,28+,29+,30+,31+,32+,33+,34+,35+,36+,37-,38+,39+,40+,41-,42-,43-,44-,45-,46+,47+,48+,49+,50+,51-,52-,53-,54+,55-,56-,57-,59+/m0/s1. The monoisotopic (exact) mass is 1550 g/mol. The number of aliphatic carboxylic acids is 1. The second kappa shape index (κ2) is 38.9. The second-order valence-electron chi connectivity index (χ2n) is 26.6. The highest BCUT2D eigenvalue weighted by Crippen LogP contribution is 2.39. The summed E-state index contributed by atoms with van der Waals surface area (Å²) in [7, 11) is 0. The quantitative estimate of drug-likeness (QED) is 0.0297. The molecule has 0 unspecified atom stereocenters. The van der Waals surface area contributed by atoms with Crippen LogP contribution >= 0.6 is 0 Å². The van der Waals surface area contributed by atoms with E-state index in [2.05, 4.69) is 21.3 Å². The molecule has 0 aromatic heterocycles. The first kappa shape index (κ1) is 89.1. The van der Waals surface area contributed by atoms with Crippen molar-refractivity contribution in [1.82, 2.24) is 21.3 Å². The van der Waals surface area contributed by atoms with Crippen LogP contribution in [-0.2, 0) is 90.3 Å². The van der Waals surface area contributed by atoms with Crippen molar-refractivity contribution in [3.63, 3.8) is 0 Å². The zero-order valence-electron chi connectivity index (χ0n) is 57.4. The first-order valence-electron chi connectivity index (χ1n) is 33.5. The molecule has 0 bridgehead atoms. The lowest BCUT2D eigenvalue weighted by Crippen LogP contribution is -2.70. The number of hydrogen-bond acceptors (Lipinski definition) is 42. The molecular weight excluding hydrogens is 1450 g/mol. The maximum absolute atomic E-state index is 12.9. The number of amides is 4. The van der Waals surface area contributed by atoms with E-state index in [1.807, 2.05) is 0 Å². The number of carbonyl (C=O) groups is 5. The summed E-state index contributed by atoms with van der Waals surface area (Å²) in [6.07, 6.45) is -72.5. The van der Waals surface area contributed by atoms with Crippen LogP contribution in [0.25, 0.3) is 0 Å². The van der Waals surface area contributed by atoms with Crippen LogP contribution in [0.5, 0.6) is 0 Å². The lowest BCUT2D eigenvalue weighted by Gasteiger charge is -2.50. The Labute approximate surface area is 601 Å². The summed E-state index contributed by atoms with van der Waals surface area (Å²) in [6.45, 7) is -3.56. The third kappa shape index (κ3) is 20.6. The lowest BCUT2D eigenvalue weighted by molar-refractivity contribution is -0.381. The molecule has 7 rings (SSSR count). The first-order chi connectivity index (χ1) is 49.8. The van der Waals surface area contributed by atoms with E-state index in [1.165, 1.54) is 6.92 Å². The van der Waals surface area contributed by atoms with Gasteiger partial charge in [-0.15, -0.1) is 0 Å². The summed E-state index contributed by atoms with van der Waals surface area (Å²) in [5.41, 5.74) is 0. The largest absolute Gasteiger partial charge is 0.477 e. The van der Waals surface area contributed by atoms with E-state index in [1.54, 1.807) is 0 Å². The Hall–Kier alpha value is -4.13. The molecule has 7 heterocycles. The highest BCUT2D eigenvalue weighted by molar-refractivity contribution is 5.77. The van der Waals surface area contributed by atoms with Gasteiger partial charge >= 0.3 is 5.97 Å². The van der Waals surface area contributed by atoms with Crippen molar-refractivity contribution in [2.45, 2.75) is 286 Å². The number of carboxylic acid groups (broad SMARTS) is 1. The topological polar surface area (TPSA) is 748 Å². The van der Waals surface area contributed by atoms with E-state index >= 15 is 0 Å². The average Bonchev–Trinajstić information content (AvgIpc) is 0.767. The van der Waals surface area contributed by atoms with Gasteiger partial charge in [-0.3, -0.25) is 19.2 Å². The fraction of sp³-hybridized carbons (Fsp3) is 0.915. The van der Waals surface area contributed by atoms with Gasteiger partial charge in [0.1, 0.15) is 177 Å². The molecule has 47 heteroatoms. The van der Waals surface area contributed by atoms with Crippen molar-refractivity contribution in [1.29, 1.82) is 0 Å². The summed E-state index contributed by atoms with van der Waals surface area (Å²) in [4.78, 5) is 62.7. The maximum Gasteiger partial charge on any atom is 0.364 e. The highest BCUT2D eigenvalue weighted by atomic mass is 16.8. The Morgan fingerprint density at radius 1 is 0.453 bits per heavy atom. The normalized spacial score (nSPS) is 44.1. The van der Waals surface area contributed by atoms with Gasteiger partial charge in [0.15, 0.2) is 37.7 Å². The van der Waals surface area contributed by atoms with Crippen LogP contribution in [0.4, 0.5) is 0 Å². The molecule has 28 N–H and O–H groups in total. The fourth-order valence-electron chi connectivity index (χ4n) is 13.0. The minimum Gasteiger partial charge on any atom is -0.477 e. The molecule has 7 aliphatic heterocycles. The van der Waals surface area contributed by atoms with Gasteiger partial charge in [-0.05, 0) is 6.92 Å². The number of aliphatic hydroxyl groups excluding tert-OH is 23. The van der Waals surface area contributed by atoms with Crippen LogP contribution in [0, 0.1) is 0 Å². The minimum atomic E-state index is -3.04. The van der Waals surface area contributed by atoms with Gasteiger partial charge in [-0.1, -0.05) is 0 Å². The van der Waals surface area contributed by atoms with Gasteiger partial charge < -0.3 is 210 Å². The molecule has 0 spiro atoms. The Kier molecular flexibility index (Phi) is 32.7. The predicted octanol–water partition coefficient (Wildman–Crippen LogP) is -18.0. The number of carbonyl (C=O) groups excluding carboxylic acids is 4. The lowest BCUT2D eigenvalue weighted by atomic mass is 9.88. The van der Waals surface area contributed by atoms with E-state index < -0.39 is 334 Å². The zero-order valence-corrected chi connectivity index (χ0v) is 57.4. The van der Waals surface area contributed by atoms with Gasteiger partial charge in [0.25, 0.3) is 5.79 Å². The molecule has 0 aromatic carbocycles. The number of carboxylic acids is 1. The summed E-state index contributed by atoms with van der Waals surface area (Å²) in [5.74, 6) is -8.56. The number of ether oxygens (including phenoxy) is 14. The molecular formula is C59H100N4O43. The molecule has 614 valence electrons. The molecule has 0 aromatic rings. The summed E-state index contributed by atoms with van der Waals surface area (Å²) in [5, 5.41) is 271. The molecule has 0 radical (unpaired) electrons. The molecule has 4 amide bonds. The third-order valence-corrected chi connectivity index (χ3v) is 18.8. The SMILES string of the molecule is CC(=O)N[C@H]1[C@H](O[C@@H]([C@H](O)[C@H](CO)NC(C)=O)[C@H](O)CO[C@@H]2O[C@@H](C)[C@@H](O)[C@@H](O)[C@@H]2O)O[C@H](CO)[C@@H](O[C@@H]2O[C@H](CO[C@H]3O[C@H](CO)[C@@H](O)[C@H](O)[C@@H]3O[C@@H]3O[C@H](CO)[C@@H](O[C@@H]4O[C@H](CO[C@]5(C(=O)O)C[C@H](O)[C@@H](NC(C)=O)[C@H]([C@H](O)[C@H](O)CO)O5)[C@H](O)[C@H](O)[C@H]4O)[C@H](O)[C@H]3NC(C)=O)[C@@H](O)[C@H](O)[C@@H]2O)[C@@H]1O. The van der Waals surface area contributed by atoms with Gasteiger partial charge in [0.2, 0.25) is 23.6 Å². The molecule has 7 fully saturated rings. The molecule has 0 aliphatic carbocycles. The van der Waals surface area contributed by atoms with Gasteiger partial charge in [-0.2, -0.15) is 0 Å². The number of nitrogens with one attached hydrogen (secondary N) is 4. The molecule has 7 saturated heterocycles. The molecule has 0 saturated carbocycles. The maximum atomic E-state index is 12.9. The van der Waals surface area contributed by atoms with Crippen molar-refractivity contribution in [3.05, 3.63) is 0 Å². The van der Waals surface area contributed by atoms with E-state index in [4.69, 9.17) is 66.3 Å². The van der Waals surface area contributed by atoms with Crippen molar-refractivity contribution in [2.24, 2.45) is 0 Å². The van der Waals surface area contributed by atoms with Gasteiger partial charge in [0.05, 0.1) is 77.1 Å². The van der Waals surface area contributed by atoms with Crippen molar-refractivity contribution in [3.8, 4) is 0 Å². The predicted molar refractivity (Wildman–Crippen MR) is 329 cm³/mol. The zero-order chi connectivity index (χ0) is 79.0. The third-order valence-electron chi connectivity index (χ3n) is 18.8. The van der Waals surface area contributed by atoms with Crippen LogP contribution in [-0.4, -0.2) is 450 Å². The van der Waals surface area contributed by atoms with E-state index in [9.17, 15) is 147 Å². The second-order valence-corrected chi connectivity index (χ2v) is 26.6. The van der Waals surface area contributed by atoms with Crippen molar-refractivity contribution < 1.29 is 213 Å². The van der Waals surface area contributed by atoms with Gasteiger partial charge in [0, 0.05) is 34.1 Å². The average molecular weight is 1550 g/mol. The minimum absolute atomic E-state index is 0.811. The van der Waals surface area contributed by atoms with E-state index in [0.29, 0.717) is 0 Å².